The highest BCUT2D eigenvalue weighted by atomic mass is 14.9. The van der Waals surface area contributed by atoms with Gasteiger partial charge in [0.15, 0.2) is 0 Å². The van der Waals surface area contributed by atoms with Crippen LogP contribution in [0.2, 0.25) is 0 Å². The lowest BCUT2D eigenvalue weighted by Gasteiger charge is -2.28. The molecule has 2 rings (SSSR count). The molecule has 106 valence electrons. The van der Waals surface area contributed by atoms with E-state index in [0.29, 0.717) is 0 Å². The molecule has 0 unspecified atom stereocenters. The maximum atomic E-state index is 5.98. The Kier molecular flexibility index (Phi) is 4.03. The zero-order valence-electron chi connectivity index (χ0n) is 12.8. The average molecular weight is 268 g/mol. The maximum Gasteiger partial charge on any atom is 0.0574 e. The van der Waals surface area contributed by atoms with Crippen LogP contribution in [-0.2, 0) is 5.41 Å². The molecule has 0 saturated heterocycles. The summed E-state index contributed by atoms with van der Waals surface area (Å²) in [6, 6.07) is 14.5. The normalized spacial score (nSPS) is 11.4. The number of anilines is 2. The number of rotatable bonds is 4. The van der Waals surface area contributed by atoms with Gasteiger partial charge in [-0.25, -0.2) is 0 Å². The number of benzene rings is 2. The highest BCUT2D eigenvalue weighted by Gasteiger charge is 2.22. The minimum absolute atomic E-state index is 0.0540. The SMILES string of the molecule is Cc1ccc(C)c(C(C)(C)CNc2ccccc2N)c1. The molecule has 2 heteroatoms. The Balaban J connectivity index is 2.19. The second kappa shape index (κ2) is 5.58. The van der Waals surface area contributed by atoms with Crippen LogP contribution in [0.1, 0.15) is 30.5 Å². The molecule has 3 N–H and O–H groups in total. The van der Waals surface area contributed by atoms with Crippen LogP contribution >= 0.6 is 0 Å². The molecule has 0 aromatic heterocycles. The number of aryl methyl sites for hydroxylation is 2. The zero-order valence-corrected chi connectivity index (χ0v) is 12.8. The lowest BCUT2D eigenvalue weighted by Crippen LogP contribution is -2.28. The van der Waals surface area contributed by atoms with E-state index >= 15 is 0 Å². The quantitative estimate of drug-likeness (QED) is 0.812. The molecule has 0 spiro atoms. The van der Waals surface area contributed by atoms with Crippen LogP contribution in [0.5, 0.6) is 0 Å². The van der Waals surface area contributed by atoms with Crippen molar-refractivity contribution in [3.05, 3.63) is 59.2 Å². The third-order valence-corrected chi connectivity index (χ3v) is 3.80. The molecular weight excluding hydrogens is 244 g/mol. The van der Waals surface area contributed by atoms with Gasteiger partial charge in [-0.1, -0.05) is 49.7 Å². The lowest BCUT2D eigenvalue weighted by molar-refractivity contribution is 0.553. The molecule has 0 amide bonds. The van der Waals surface area contributed by atoms with Crippen molar-refractivity contribution in [1.82, 2.24) is 0 Å². The molecule has 0 radical (unpaired) electrons. The standard InChI is InChI=1S/C18H24N2/c1-13-9-10-14(2)15(11-13)18(3,4)12-20-17-8-6-5-7-16(17)19/h5-11,20H,12,19H2,1-4H3. The van der Waals surface area contributed by atoms with E-state index in [1.807, 2.05) is 24.3 Å². The summed E-state index contributed by atoms with van der Waals surface area (Å²) in [7, 11) is 0. The van der Waals surface area contributed by atoms with Crippen molar-refractivity contribution in [3.8, 4) is 0 Å². The Morgan fingerprint density at radius 3 is 2.45 bits per heavy atom. The fourth-order valence-corrected chi connectivity index (χ4v) is 2.53. The van der Waals surface area contributed by atoms with Crippen molar-refractivity contribution >= 4 is 11.4 Å². The van der Waals surface area contributed by atoms with Crippen molar-refractivity contribution in [3.63, 3.8) is 0 Å². The van der Waals surface area contributed by atoms with Crippen molar-refractivity contribution in [1.29, 1.82) is 0 Å². The first kappa shape index (κ1) is 14.4. The van der Waals surface area contributed by atoms with E-state index in [9.17, 15) is 0 Å². The van der Waals surface area contributed by atoms with Crippen molar-refractivity contribution < 1.29 is 0 Å². The Morgan fingerprint density at radius 1 is 1.05 bits per heavy atom. The minimum Gasteiger partial charge on any atom is -0.397 e. The van der Waals surface area contributed by atoms with Crippen LogP contribution in [-0.4, -0.2) is 6.54 Å². The first-order valence-electron chi connectivity index (χ1n) is 7.06. The molecule has 0 aliphatic rings. The van der Waals surface area contributed by atoms with Crippen LogP contribution in [0.4, 0.5) is 11.4 Å². The molecule has 2 aromatic rings. The van der Waals surface area contributed by atoms with Crippen LogP contribution in [0, 0.1) is 13.8 Å². The molecule has 0 bridgehead atoms. The first-order valence-corrected chi connectivity index (χ1v) is 7.06. The number of nitrogens with two attached hydrogens (primary N) is 1. The number of para-hydroxylation sites is 2. The van der Waals surface area contributed by atoms with Crippen LogP contribution in [0.15, 0.2) is 42.5 Å². The Hall–Kier alpha value is -1.96. The van der Waals surface area contributed by atoms with Crippen LogP contribution in [0.3, 0.4) is 0 Å². The maximum absolute atomic E-state index is 5.98. The Bertz CT molecular complexity index is 600. The average Bonchev–Trinajstić information content (AvgIpc) is 2.40. The van der Waals surface area contributed by atoms with Crippen molar-refractivity contribution in [2.24, 2.45) is 0 Å². The predicted octanol–water partition coefficient (Wildman–Crippen LogP) is 4.28. The molecule has 20 heavy (non-hydrogen) atoms. The second-order valence-corrected chi connectivity index (χ2v) is 6.14. The molecule has 0 aliphatic heterocycles. The summed E-state index contributed by atoms with van der Waals surface area (Å²) < 4.78 is 0. The van der Waals surface area contributed by atoms with Gasteiger partial charge < -0.3 is 11.1 Å². The van der Waals surface area contributed by atoms with E-state index < -0.39 is 0 Å². The van der Waals surface area contributed by atoms with Gasteiger partial charge in [-0.2, -0.15) is 0 Å². The third kappa shape index (κ3) is 3.13. The largest absolute Gasteiger partial charge is 0.397 e. The number of nitrogen functional groups attached to an aromatic ring is 1. The molecular formula is C18H24N2. The summed E-state index contributed by atoms with van der Waals surface area (Å²) in [5.41, 5.74) is 11.9. The van der Waals surface area contributed by atoms with E-state index in [0.717, 1.165) is 17.9 Å². The topological polar surface area (TPSA) is 38.0 Å². The summed E-state index contributed by atoms with van der Waals surface area (Å²) >= 11 is 0. The third-order valence-electron chi connectivity index (χ3n) is 3.80. The molecule has 0 saturated carbocycles. The Labute approximate surface area is 122 Å². The van der Waals surface area contributed by atoms with Gasteiger partial charge in [0, 0.05) is 12.0 Å². The molecule has 0 heterocycles. The number of hydrogen-bond donors (Lipinski definition) is 2. The van der Waals surface area contributed by atoms with Gasteiger partial charge >= 0.3 is 0 Å². The molecule has 0 fully saturated rings. The molecule has 2 nitrogen and oxygen atoms in total. The zero-order chi connectivity index (χ0) is 14.8. The first-order chi connectivity index (χ1) is 9.40. The molecule has 2 aromatic carbocycles. The highest BCUT2D eigenvalue weighted by Crippen LogP contribution is 2.28. The van der Waals surface area contributed by atoms with Gasteiger partial charge in [-0.05, 0) is 37.1 Å². The highest BCUT2D eigenvalue weighted by molar-refractivity contribution is 5.65. The van der Waals surface area contributed by atoms with E-state index in [1.165, 1.54) is 16.7 Å². The lowest BCUT2D eigenvalue weighted by atomic mass is 9.81. The van der Waals surface area contributed by atoms with Gasteiger partial charge in [-0.3, -0.25) is 0 Å². The van der Waals surface area contributed by atoms with E-state index in [4.69, 9.17) is 5.73 Å². The van der Waals surface area contributed by atoms with Crippen LogP contribution in [0.25, 0.3) is 0 Å². The van der Waals surface area contributed by atoms with Gasteiger partial charge in [-0.15, -0.1) is 0 Å². The molecule has 0 aliphatic carbocycles. The summed E-state index contributed by atoms with van der Waals surface area (Å²) in [5, 5.41) is 3.47. The fraction of sp³-hybridized carbons (Fsp3) is 0.333. The van der Waals surface area contributed by atoms with E-state index in [1.54, 1.807) is 0 Å². The van der Waals surface area contributed by atoms with Gasteiger partial charge in [0.1, 0.15) is 0 Å². The molecule has 0 atom stereocenters. The van der Waals surface area contributed by atoms with Crippen molar-refractivity contribution in [2.75, 3.05) is 17.6 Å². The fourth-order valence-electron chi connectivity index (χ4n) is 2.53. The summed E-state index contributed by atoms with van der Waals surface area (Å²) in [6.45, 7) is 9.70. The summed E-state index contributed by atoms with van der Waals surface area (Å²) in [4.78, 5) is 0. The van der Waals surface area contributed by atoms with Crippen LogP contribution < -0.4 is 11.1 Å². The summed E-state index contributed by atoms with van der Waals surface area (Å²) in [6.07, 6.45) is 0. The number of hydrogen-bond acceptors (Lipinski definition) is 2. The smallest absolute Gasteiger partial charge is 0.0574 e. The summed E-state index contributed by atoms with van der Waals surface area (Å²) in [5.74, 6) is 0. The Morgan fingerprint density at radius 2 is 1.75 bits per heavy atom. The van der Waals surface area contributed by atoms with Crippen molar-refractivity contribution in [2.45, 2.75) is 33.1 Å². The minimum atomic E-state index is 0.0540. The van der Waals surface area contributed by atoms with E-state index in [-0.39, 0.29) is 5.41 Å². The van der Waals surface area contributed by atoms with Gasteiger partial charge in [0.05, 0.1) is 11.4 Å². The predicted molar refractivity (Wildman–Crippen MR) is 88.3 cm³/mol. The second-order valence-electron chi connectivity index (χ2n) is 6.14. The van der Waals surface area contributed by atoms with Gasteiger partial charge in [0.25, 0.3) is 0 Å². The monoisotopic (exact) mass is 268 g/mol. The number of nitrogens with one attached hydrogen (secondary N) is 1. The van der Waals surface area contributed by atoms with E-state index in [2.05, 4.69) is 51.2 Å². The van der Waals surface area contributed by atoms with Gasteiger partial charge in [0.2, 0.25) is 0 Å².